The van der Waals surface area contributed by atoms with Crippen LogP contribution in [0.4, 0.5) is 0 Å². The molecule has 1 aromatic carbocycles. The van der Waals surface area contributed by atoms with Crippen LogP contribution in [0.3, 0.4) is 0 Å². The molecule has 0 radical (unpaired) electrons. The second-order valence-corrected chi connectivity index (χ2v) is 5.37. The molecule has 0 saturated carbocycles. The Morgan fingerprint density at radius 3 is 2.50 bits per heavy atom. The smallest absolute Gasteiger partial charge is 0.120 e. The first kappa shape index (κ1) is 12.8. The minimum atomic E-state index is 0.176. The van der Waals surface area contributed by atoms with Crippen LogP contribution in [-0.2, 0) is 5.41 Å². The summed E-state index contributed by atoms with van der Waals surface area (Å²) >= 11 is 0. The average Bonchev–Trinajstić information content (AvgIpc) is 2.16. The van der Waals surface area contributed by atoms with Crippen LogP contribution in [0.1, 0.15) is 40.2 Å². The summed E-state index contributed by atoms with van der Waals surface area (Å²) in [5.74, 6) is 0.949. The van der Waals surface area contributed by atoms with E-state index in [4.69, 9.17) is 4.74 Å². The molecule has 0 atom stereocenters. The Balaban J connectivity index is 2.72. The van der Waals surface area contributed by atoms with E-state index in [9.17, 15) is 0 Å². The number of hydrogen-bond donors (Lipinski definition) is 0. The molecule has 1 nitrogen and oxygen atoms in total. The van der Waals surface area contributed by atoms with Crippen LogP contribution in [0.5, 0.6) is 5.75 Å². The van der Waals surface area contributed by atoms with Gasteiger partial charge in [0.1, 0.15) is 12.4 Å². The second kappa shape index (κ2) is 5.20. The van der Waals surface area contributed by atoms with E-state index in [1.807, 2.05) is 6.07 Å². The Morgan fingerprint density at radius 2 is 1.94 bits per heavy atom. The molecule has 0 aliphatic carbocycles. The van der Waals surface area contributed by atoms with E-state index in [1.54, 1.807) is 0 Å². The van der Waals surface area contributed by atoms with Crippen LogP contribution in [0.2, 0.25) is 0 Å². The van der Waals surface area contributed by atoms with E-state index in [-0.39, 0.29) is 5.41 Å². The van der Waals surface area contributed by atoms with Crippen LogP contribution in [0.15, 0.2) is 35.9 Å². The van der Waals surface area contributed by atoms with E-state index in [0.29, 0.717) is 6.61 Å². The average molecular weight is 218 g/mol. The molecule has 0 bridgehead atoms. The van der Waals surface area contributed by atoms with E-state index < -0.39 is 0 Å². The molecule has 0 N–H and O–H groups in total. The van der Waals surface area contributed by atoms with Crippen LogP contribution >= 0.6 is 0 Å². The van der Waals surface area contributed by atoms with Crippen molar-refractivity contribution >= 4 is 0 Å². The molecule has 0 aliphatic heterocycles. The maximum absolute atomic E-state index is 5.68. The molecule has 0 amide bonds. The van der Waals surface area contributed by atoms with Crippen LogP contribution in [0.25, 0.3) is 0 Å². The van der Waals surface area contributed by atoms with Gasteiger partial charge in [0.15, 0.2) is 0 Å². The SMILES string of the molecule is CC(C)=CCOc1cccc(C(C)(C)C)c1. The van der Waals surface area contributed by atoms with Gasteiger partial charge in [0, 0.05) is 0 Å². The molecule has 0 heterocycles. The molecule has 0 fully saturated rings. The van der Waals surface area contributed by atoms with Crippen molar-refractivity contribution in [3.8, 4) is 5.75 Å². The zero-order valence-electron chi connectivity index (χ0n) is 11.0. The van der Waals surface area contributed by atoms with Crippen LogP contribution in [0, 0.1) is 0 Å². The van der Waals surface area contributed by atoms with Gasteiger partial charge in [-0.3, -0.25) is 0 Å². The van der Waals surface area contributed by atoms with Gasteiger partial charge in [-0.25, -0.2) is 0 Å². The Kier molecular flexibility index (Phi) is 4.17. The third-order valence-electron chi connectivity index (χ3n) is 2.44. The summed E-state index contributed by atoms with van der Waals surface area (Å²) in [5, 5.41) is 0. The highest BCUT2D eigenvalue weighted by molar-refractivity contribution is 5.32. The van der Waals surface area contributed by atoms with E-state index in [0.717, 1.165) is 5.75 Å². The third-order valence-corrected chi connectivity index (χ3v) is 2.44. The Morgan fingerprint density at radius 1 is 1.25 bits per heavy atom. The predicted octanol–water partition coefficient (Wildman–Crippen LogP) is 4.33. The van der Waals surface area contributed by atoms with E-state index >= 15 is 0 Å². The fourth-order valence-corrected chi connectivity index (χ4v) is 1.36. The Bertz CT molecular complexity index is 365. The molecule has 0 saturated heterocycles. The number of rotatable bonds is 3. The Hall–Kier alpha value is -1.24. The molecule has 0 aliphatic rings. The van der Waals surface area contributed by atoms with Gasteiger partial charge in [0.2, 0.25) is 0 Å². The summed E-state index contributed by atoms with van der Waals surface area (Å²) in [6.07, 6.45) is 2.09. The number of allylic oxidation sites excluding steroid dienone is 1. The van der Waals surface area contributed by atoms with Gasteiger partial charge < -0.3 is 4.74 Å². The minimum Gasteiger partial charge on any atom is -0.490 e. The summed E-state index contributed by atoms with van der Waals surface area (Å²) in [4.78, 5) is 0. The standard InChI is InChI=1S/C15H22O/c1-12(2)9-10-16-14-8-6-7-13(11-14)15(3,4)5/h6-9,11H,10H2,1-5H3. The van der Waals surface area contributed by atoms with Gasteiger partial charge in [0.05, 0.1) is 0 Å². The van der Waals surface area contributed by atoms with Crippen molar-refractivity contribution in [2.45, 2.75) is 40.0 Å². The van der Waals surface area contributed by atoms with Crippen molar-refractivity contribution in [2.75, 3.05) is 6.61 Å². The lowest BCUT2D eigenvalue weighted by Crippen LogP contribution is -2.11. The van der Waals surface area contributed by atoms with Crippen molar-refractivity contribution in [1.82, 2.24) is 0 Å². The highest BCUT2D eigenvalue weighted by Gasteiger charge is 2.13. The molecular weight excluding hydrogens is 196 g/mol. The second-order valence-electron chi connectivity index (χ2n) is 5.37. The van der Waals surface area contributed by atoms with E-state index in [2.05, 4.69) is 58.9 Å². The zero-order chi connectivity index (χ0) is 12.2. The summed E-state index contributed by atoms with van der Waals surface area (Å²) in [5.41, 5.74) is 2.77. The lowest BCUT2D eigenvalue weighted by atomic mass is 9.87. The normalized spacial score (nSPS) is 11.1. The first-order chi connectivity index (χ1) is 7.39. The van der Waals surface area contributed by atoms with Crippen molar-refractivity contribution in [1.29, 1.82) is 0 Å². The van der Waals surface area contributed by atoms with Gasteiger partial charge in [-0.2, -0.15) is 0 Å². The molecule has 1 heteroatoms. The number of hydrogen-bond acceptors (Lipinski definition) is 1. The molecule has 0 aromatic heterocycles. The topological polar surface area (TPSA) is 9.23 Å². The zero-order valence-corrected chi connectivity index (χ0v) is 11.0. The number of ether oxygens (including phenoxy) is 1. The van der Waals surface area contributed by atoms with Crippen molar-refractivity contribution in [2.24, 2.45) is 0 Å². The number of benzene rings is 1. The monoisotopic (exact) mass is 218 g/mol. The first-order valence-corrected chi connectivity index (χ1v) is 5.76. The first-order valence-electron chi connectivity index (χ1n) is 5.76. The fourth-order valence-electron chi connectivity index (χ4n) is 1.36. The van der Waals surface area contributed by atoms with Crippen LogP contribution < -0.4 is 4.74 Å². The molecule has 0 spiro atoms. The van der Waals surface area contributed by atoms with Gasteiger partial charge >= 0.3 is 0 Å². The quantitative estimate of drug-likeness (QED) is 0.686. The van der Waals surface area contributed by atoms with Gasteiger partial charge in [0.25, 0.3) is 0 Å². The molecule has 1 aromatic rings. The molecule has 0 unspecified atom stereocenters. The third kappa shape index (κ3) is 4.09. The molecule has 88 valence electrons. The maximum atomic E-state index is 5.68. The van der Waals surface area contributed by atoms with Crippen molar-refractivity contribution < 1.29 is 4.74 Å². The van der Waals surface area contributed by atoms with E-state index in [1.165, 1.54) is 11.1 Å². The summed E-state index contributed by atoms with van der Waals surface area (Å²) < 4.78 is 5.68. The predicted molar refractivity (Wildman–Crippen MR) is 70.1 cm³/mol. The summed E-state index contributed by atoms with van der Waals surface area (Å²) in [7, 11) is 0. The van der Waals surface area contributed by atoms with Crippen LogP contribution in [-0.4, -0.2) is 6.61 Å². The lowest BCUT2D eigenvalue weighted by molar-refractivity contribution is 0.360. The molecule has 1 rings (SSSR count). The van der Waals surface area contributed by atoms with Crippen molar-refractivity contribution in [3.05, 3.63) is 41.5 Å². The fraction of sp³-hybridized carbons (Fsp3) is 0.467. The molecule has 16 heavy (non-hydrogen) atoms. The minimum absolute atomic E-state index is 0.176. The highest BCUT2D eigenvalue weighted by Crippen LogP contribution is 2.25. The van der Waals surface area contributed by atoms with Gasteiger partial charge in [-0.05, 0) is 43.0 Å². The Labute approximate surface area is 99.1 Å². The largest absolute Gasteiger partial charge is 0.490 e. The molecular formula is C15H22O. The van der Waals surface area contributed by atoms with Crippen molar-refractivity contribution in [3.63, 3.8) is 0 Å². The van der Waals surface area contributed by atoms with Gasteiger partial charge in [-0.1, -0.05) is 38.5 Å². The van der Waals surface area contributed by atoms with Gasteiger partial charge in [-0.15, -0.1) is 0 Å². The summed E-state index contributed by atoms with van der Waals surface area (Å²) in [6, 6.07) is 8.33. The lowest BCUT2D eigenvalue weighted by Gasteiger charge is -2.19. The summed E-state index contributed by atoms with van der Waals surface area (Å²) in [6.45, 7) is 11.4. The highest BCUT2D eigenvalue weighted by atomic mass is 16.5. The maximum Gasteiger partial charge on any atom is 0.120 e.